The first-order chi connectivity index (χ1) is 24.7. The van der Waals surface area contributed by atoms with Gasteiger partial charge in [-0.15, -0.1) is 0 Å². The van der Waals surface area contributed by atoms with Gasteiger partial charge in [-0.25, -0.2) is 0 Å². The number of para-hydroxylation sites is 1. The molecule has 8 aromatic rings. The highest BCUT2D eigenvalue weighted by atomic mass is 16.5. The number of hydrogen-bond acceptors (Lipinski definition) is 1. The maximum Gasteiger partial charge on any atom is 0.140 e. The minimum atomic E-state index is -0.542. The molecule has 1 atom stereocenters. The van der Waals surface area contributed by atoms with E-state index in [1.807, 2.05) is 0 Å². The molecule has 50 heavy (non-hydrogen) atoms. The standard InChI is InChI=1S/C49H32O/c1-48(31-16-3-2-4-17-31)40-25-10-7-21-35(40)36-23-15-24-37(46(36)48)39-30-44-47(38-22-6-5-18-32(38)39)50-45-29-14-13-28-43(45)49(44)41-26-11-8-19-33(41)34-20-9-12-27-42(34)49/h2-30H,1H3. The Hall–Kier alpha value is -6.18. The van der Waals surface area contributed by atoms with Crippen molar-refractivity contribution in [3.8, 4) is 44.9 Å². The summed E-state index contributed by atoms with van der Waals surface area (Å²) < 4.78 is 7.05. The highest BCUT2D eigenvalue weighted by molar-refractivity contribution is 6.06. The summed E-state index contributed by atoms with van der Waals surface area (Å²) >= 11 is 0. The zero-order valence-corrected chi connectivity index (χ0v) is 27.7. The summed E-state index contributed by atoms with van der Waals surface area (Å²) in [5, 5.41) is 2.32. The molecule has 0 radical (unpaired) electrons. The molecule has 3 aliphatic rings. The summed E-state index contributed by atoms with van der Waals surface area (Å²) in [6.45, 7) is 2.42. The third-order valence-electron chi connectivity index (χ3n) is 11.8. The van der Waals surface area contributed by atoms with Gasteiger partial charge in [0.1, 0.15) is 11.5 Å². The summed E-state index contributed by atoms with van der Waals surface area (Å²) in [4.78, 5) is 0. The van der Waals surface area contributed by atoms with Gasteiger partial charge in [0, 0.05) is 21.9 Å². The Morgan fingerprint density at radius 2 is 0.880 bits per heavy atom. The van der Waals surface area contributed by atoms with E-state index in [4.69, 9.17) is 4.74 Å². The van der Waals surface area contributed by atoms with Crippen molar-refractivity contribution in [1.82, 2.24) is 0 Å². The molecular formula is C49H32O. The maximum atomic E-state index is 7.05. The van der Waals surface area contributed by atoms with Gasteiger partial charge in [-0.1, -0.05) is 164 Å². The Balaban J connectivity index is 1.30. The molecule has 1 unspecified atom stereocenters. The normalized spacial score (nSPS) is 16.9. The lowest BCUT2D eigenvalue weighted by molar-refractivity contribution is 0.442. The lowest BCUT2D eigenvalue weighted by Gasteiger charge is -2.40. The van der Waals surface area contributed by atoms with Gasteiger partial charge in [-0.3, -0.25) is 0 Å². The van der Waals surface area contributed by atoms with Crippen LogP contribution in [-0.4, -0.2) is 0 Å². The fraction of sp³-hybridized carbons (Fsp3) is 0.0612. The lowest BCUT2D eigenvalue weighted by Crippen LogP contribution is -2.32. The number of benzene rings is 8. The largest absolute Gasteiger partial charge is 0.456 e. The van der Waals surface area contributed by atoms with E-state index in [0.717, 1.165) is 16.9 Å². The molecule has 1 nitrogen and oxygen atoms in total. The van der Waals surface area contributed by atoms with Gasteiger partial charge in [0.25, 0.3) is 0 Å². The van der Waals surface area contributed by atoms with Gasteiger partial charge in [0.05, 0.1) is 5.41 Å². The molecular weight excluding hydrogens is 605 g/mol. The molecule has 0 amide bonds. The predicted octanol–water partition coefficient (Wildman–Crippen LogP) is 12.3. The van der Waals surface area contributed by atoms with Crippen molar-refractivity contribution in [2.75, 3.05) is 0 Å². The Morgan fingerprint density at radius 1 is 0.380 bits per heavy atom. The minimum Gasteiger partial charge on any atom is -0.456 e. The van der Waals surface area contributed by atoms with Crippen LogP contribution in [0.4, 0.5) is 0 Å². The van der Waals surface area contributed by atoms with Crippen molar-refractivity contribution < 1.29 is 4.74 Å². The third kappa shape index (κ3) is 3.32. The van der Waals surface area contributed by atoms with Gasteiger partial charge in [0.2, 0.25) is 0 Å². The van der Waals surface area contributed by atoms with Gasteiger partial charge < -0.3 is 4.74 Å². The van der Waals surface area contributed by atoms with Crippen LogP contribution in [0.2, 0.25) is 0 Å². The summed E-state index contributed by atoms with van der Waals surface area (Å²) in [5.41, 5.74) is 15.8. The highest BCUT2D eigenvalue weighted by Crippen LogP contribution is 2.64. The molecule has 2 aliphatic carbocycles. The van der Waals surface area contributed by atoms with Crippen molar-refractivity contribution in [2.24, 2.45) is 0 Å². The van der Waals surface area contributed by atoms with E-state index >= 15 is 0 Å². The Labute approximate surface area is 292 Å². The van der Waals surface area contributed by atoms with E-state index < -0.39 is 5.41 Å². The quantitative estimate of drug-likeness (QED) is 0.183. The summed E-state index contributed by atoms with van der Waals surface area (Å²) in [7, 11) is 0. The molecule has 11 rings (SSSR count). The molecule has 0 saturated carbocycles. The molecule has 0 N–H and O–H groups in total. The molecule has 234 valence electrons. The Morgan fingerprint density at radius 3 is 1.58 bits per heavy atom. The monoisotopic (exact) mass is 636 g/mol. The second-order valence-electron chi connectivity index (χ2n) is 14.1. The number of fused-ring (bicyclic) bond motifs is 14. The molecule has 8 aromatic carbocycles. The first-order valence-electron chi connectivity index (χ1n) is 17.5. The molecule has 0 bridgehead atoms. The molecule has 1 aliphatic heterocycles. The average molecular weight is 637 g/mol. The van der Waals surface area contributed by atoms with Crippen LogP contribution in [0, 0.1) is 0 Å². The number of rotatable bonds is 2. The molecule has 0 saturated heterocycles. The Kier molecular flexibility index (Phi) is 5.51. The highest BCUT2D eigenvalue weighted by Gasteiger charge is 2.52. The van der Waals surface area contributed by atoms with Crippen LogP contribution in [0.3, 0.4) is 0 Å². The average Bonchev–Trinajstić information content (AvgIpc) is 3.63. The topological polar surface area (TPSA) is 9.23 Å². The SMILES string of the molecule is CC1(c2ccccc2)c2ccccc2-c2cccc(-c3cc4c(c5ccccc35)Oc3ccccc3C43c4ccccc4-c4ccccc43)c21. The molecule has 1 heterocycles. The maximum absolute atomic E-state index is 7.05. The second-order valence-corrected chi connectivity index (χ2v) is 14.1. The van der Waals surface area contributed by atoms with Crippen LogP contribution in [0.25, 0.3) is 44.2 Å². The number of ether oxygens (including phenoxy) is 1. The summed E-state index contributed by atoms with van der Waals surface area (Å²) in [6.07, 6.45) is 0. The van der Waals surface area contributed by atoms with E-state index in [9.17, 15) is 0 Å². The zero-order valence-electron chi connectivity index (χ0n) is 27.7. The second kappa shape index (κ2) is 9.94. The lowest BCUT2D eigenvalue weighted by atomic mass is 9.65. The summed E-state index contributed by atoms with van der Waals surface area (Å²) in [6, 6.07) is 64.9. The van der Waals surface area contributed by atoms with E-state index in [-0.39, 0.29) is 5.41 Å². The van der Waals surface area contributed by atoms with Crippen molar-refractivity contribution >= 4 is 10.8 Å². The van der Waals surface area contributed by atoms with Gasteiger partial charge in [-0.2, -0.15) is 0 Å². The van der Waals surface area contributed by atoms with Crippen LogP contribution in [-0.2, 0) is 10.8 Å². The molecule has 1 heteroatoms. The molecule has 0 fully saturated rings. The fourth-order valence-corrected chi connectivity index (χ4v) is 9.80. The van der Waals surface area contributed by atoms with E-state index in [0.29, 0.717) is 0 Å². The predicted molar refractivity (Wildman–Crippen MR) is 204 cm³/mol. The van der Waals surface area contributed by atoms with Crippen molar-refractivity contribution in [2.45, 2.75) is 17.8 Å². The smallest absolute Gasteiger partial charge is 0.140 e. The van der Waals surface area contributed by atoms with E-state index in [2.05, 4.69) is 183 Å². The Bertz CT molecular complexity index is 2660. The van der Waals surface area contributed by atoms with Crippen molar-refractivity contribution in [3.63, 3.8) is 0 Å². The molecule has 1 spiro atoms. The summed E-state index contributed by atoms with van der Waals surface area (Å²) in [5.74, 6) is 1.85. The fourth-order valence-electron chi connectivity index (χ4n) is 9.80. The first-order valence-corrected chi connectivity index (χ1v) is 17.5. The molecule has 0 aromatic heterocycles. The van der Waals surface area contributed by atoms with Crippen molar-refractivity contribution in [3.05, 3.63) is 215 Å². The number of hydrogen-bond donors (Lipinski definition) is 0. The van der Waals surface area contributed by atoms with Crippen LogP contribution in [0.5, 0.6) is 11.5 Å². The van der Waals surface area contributed by atoms with Crippen LogP contribution in [0.1, 0.15) is 45.9 Å². The van der Waals surface area contributed by atoms with Gasteiger partial charge in [-0.05, 0) is 85.6 Å². The third-order valence-corrected chi connectivity index (χ3v) is 11.8. The van der Waals surface area contributed by atoms with Crippen molar-refractivity contribution in [1.29, 1.82) is 0 Å². The van der Waals surface area contributed by atoms with E-state index in [1.54, 1.807) is 0 Å². The van der Waals surface area contributed by atoms with Gasteiger partial charge in [0.15, 0.2) is 0 Å². The first kappa shape index (κ1) is 27.7. The van der Waals surface area contributed by atoms with Crippen LogP contribution >= 0.6 is 0 Å². The van der Waals surface area contributed by atoms with Crippen LogP contribution in [0.15, 0.2) is 176 Å². The van der Waals surface area contributed by atoms with Crippen LogP contribution < -0.4 is 4.74 Å². The minimum absolute atomic E-state index is 0.339. The van der Waals surface area contributed by atoms with E-state index in [1.165, 1.54) is 77.7 Å². The zero-order chi connectivity index (χ0) is 33.0. The van der Waals surface area contributed by atoms with Gasteiger partial charge >= 0.3 is 0 Å².